The lowest BCUT2D eigenvalue weighted by molar-refractivity contribution is 0.106. The van der Waals surface area contributed by atoms with Crippen LogP contribution in [0.25, 0.3) is 0 Å². The van der Waals surface area contributed by atoms with Crippen molar-refractivity contribution in [1.29, 1.82) is 0 Å². The Kier molecular flexibility index (Phi) is 4.66. The van der Waals surface area contributed by atoms with Gasteiger partial charge in [0.15, 0.2) is 0 Å². The van der Waals surface area contributed by atoms with Gasteiger partial charge in [-0.25, -0.2) is 9.97 Å². The van der Waals surface area contributed by atoms with E-state index in [0.717, 1.165) is 0 Å². The first-order valence-corrected chi connectivity index (χ1v) is 6.98. The van der Waals surface area contributed by atoms with Crippen molar-refractivity contribution in [3.63, 3.8) is 0 Å². The molecule has 4 atom stereocenters. The Morgan fingerprint density at radius 3 is 3.00 bits per heavy atom. The number of nitrogens with one attached hydrogen (secondary N) is 1. The van der Waals surface area contributed by atoms with Crippen LogP contribution in [-0.4, -0.2) is 38.7 Å². The SMILES string of the molecule is O=[PH](O)OC1C[C@H](Nc2ccncn2)C[C@@H]1CO. The molecule has 0 radical (unpaired) electrons. The van der Waals surface area contributed by atoms with Crippen molar-refractivity contribution in [3.8, 4) is 0 Å². The molecule has 1 aliphatic carbocycles. The van der Waals surface area contributed by atoms with Crippen molar-refractivity contribution in [3.05, 3.63) is 18.6 Å². The molecule has 1 aromatic rings. The monoisotopic (exact) mass is 273 g/mol. The van der Waals surface area contributed by atoms with Crippen LogP contribution in [0.15, 0.2) is 18.6 Å². The van der Waals surface area contributed by atoms with Gasteiger partial charge in [-0.3, -0.25) is 4.57 Å². The Morgan fingerprint density at radius 1 is 1.56 bits per heavy atom. The van der Waals surface area contributed by atoms with Gasteiger partial charge >= 0.3 is 8.25 Å². The second kappa shape index (κ2) is 6.24. The van der Waals surface area contributed by atoms with Crippen LogP contribution in [0.2, 0.25) is 0 Å². The Labute approximate surface area is 105 Å². The highest BCUT2D eigenvalue weighted by molar-refractivity contribution is 7.32. The molecule has 0 amide bonds. The number of nitrogens with zero attached hydrogens (tertiary/aromatic N) is 2. The molecular formula is C10H16N3O4P. The lowest BCUT2D eigenvalue weighted by Crippen LogP contribution is -2.18. The summed E-state index contributed by atoms with van der Waals surface area (Å²) in [5.74, 6) is 0.578. The molecule has 1 aromatic heterocycles. The molecule has 1 aliphatic rings. The summed E-state index contributed by atoms with van der Waals surface area (Å²) in [6.45, 7) is -0.0538. The molecular weight excluding hydrogens is 257 g/mol. The normalized spacial score (nSPS) is 29.1. The van der Waals surface area contributed by atoms with Crippen molar-refractivity contribution < 1.29 is 19.1 Å². The van der Waals surface area contributed by atoms with E-state index in [1.165, 1.54) is 6.33 Å². The number of aliphatic hydroxyl groups excluding tert-OH is 1. The van der Waals surface area contributed by atoms with Gasteiger partial charge in [-0.2, -0.15) is 0 Å². The minimum Gasteiger partial charge on any atom is -0.396 e. The third-order valence-corrected chi connectivity index (χ3v) is 3.55. The van der Waals surface area contributed by atoms with E-state index in [1.54, 1.807) is 12.3 Å². The zero-order valence-corrected chi connectivity index (χ0v) is 10.7. The van der Waals surface area contributed by atoms with E-state index in [4.69, 9.17) is 9.42 Å². The molecule has 3 N–H and O–H groups in total. The van der Waals surface area contributed by atoms with Gasteiger partial charge in [-0.1, -0.05) is 0 Å². The predicted molar refractivity (Wildman–Crippen MR) is 65.3 cm³/mol. The maximum Gasteiger partial charge on any atom is 0.316 e. The molecule has 0 spiro atoms. The molecule has 2 rings (SSSR count). The summed E-state index contributed by atoms with van der Waals surface area (Å²) in [5, 5.41) is 12.4. The summed E-state index contributed by atoms with van der Waals surface area (Å²) < 4.78 is 15.7. The van der Waals surface area contributed by atoms with Gasteiger partial charge in [0, 0.05) is 24.8 Å². The van der Waals surface area contributed by atoms with E-state index < -0.39 is 8.25 Å². The highest BCUT2D eigenvalue weighted by Crippen LogP contribution is 2.35. The van der Waals surface area contributed by atoms with Crippen molar-refractivity contribution in [2.24, 2.45) is 5.92 Å². The van der Waals surface area contributed by atoms with E-state index in [0.29, 0.717) is 18.7 Å². The minimum absolute atomic E-state index is 0.0538. The number of aromatic nitrogens is 2. The van der Waals surface area contributed by atoms with Crippen LogP contribution in [0.4, 0.5) is 5.82 Å². The first-order valence-electron chi connectivity index (χ1n) is 5.72. The smallest absolute Gasteiger partial charge is 0.316 e. The first-order chi connectivity index (χ1) is 8.69. The second-order valence-electron chi connectivity index (χ2n) is 4.27. The Bertz CT molecular complexity index is 405. The van der Waals surface area contributed by atoms with Crippen LogP contribution in [0.5, 0.6) is 0 Å². The van der Waals surface area contributed by atoms with E-state index in [2.05, 4.69) is 15.3 Å². The fourth-order valence-electron chi connectivity index (χ4n) is 2.26. The number of rotatable bonds is 5. The number of aliphatic hydroxyl groups is 1. The van der Waals surface area contributed by atoms with Gasteiger partial charge in [0.2, 0.25) is 0 Å². The maximum atomic E-state index is 10.7. The summed E-state index contributed by atoms with van der Waals surface area (Å²) in [4.78, 5) is 16.7. The molecule has 0 aliphatic heterocycles. The van der Waals surface area contributed by atoms with Crippen molar-refractivity contribution in [2.75, 3.05) is 11.9 Å². The van der Waals surface area contributed by atoms with Crippen LogP contribution in [-0.2, 0) is 9.09 Å². The lowest BCUT2D eigenvalue weighted by atomic mass is 10.1. The Balaban J connectivity index is 1.94. The van der Waals surface area contributed by atoms with Crippen LogP contribution in [0, 0.1) is 5.92 Å². The molecule has 1 fully saturated rings. The molecule has 18 heavy (non-hydrogen) atoms. The number of anilines is 1. The third-order valence-electron chi connectivity index (χ3n) is 3.05. The molecule has 0 bridgehead atoms. The third kappa shape index (κ3) is 3.49. The van der Waals surface area contributed by atoms with E-state index >= 15 is 0 Å². The van der Waals surface area contributed by atoms with E-state index in [9.17, 15) is 9.67 Å². The zero-order chi connectivity index (χ0) is 13.0. The highest BCUT2D eigenvalue weighted by atomic mass is 31.1. The van der Waals surface area contributed by atoms with E-state index in [1.807, 2.05) is 0 Å². The fourth-order valence-corrected chi connectivity index (χ4v) is 2.80. The molecule has 2 unspecified atom stereocenters. The van der Waals surface area contributed by atoms with Gasteiger partial charge < -0.3 is 19.8 Å². The quantitative estimate of drug-likeness (QED) is 0.668. The second-order valence-corrected chi connectivity index (χ2v) is 5.04. The standard InChI is InChI=1S/C10H16N3O4P/c14-5-7-3-8(4-9(7)17-18(15)16)13-10-1-2-11-6-12-10/h1-2,6-9,14,18H,3-5H2,(H,15,16)(H,11,12,13)/t7-,8-,9?/m1/s1. The van der Waals surface area contributed by atoms with Crippen LogP contribution >= 0.6 is 8.25 Å². The minimum atomic E-state index is -2.97. The summed E-state index contributed by atoms with van der Waals surface area (Å²) >= 11 is 0. The molecule has 100 valence electrons. The topological polar surface area (TPSA) is 105 Å². The predicted octanol–water partition coefficient (Wildman–Crippen LogP) is 0.427. The van der Waals surface area contributed by atoms with Crippen molar-refractivity contribution >= 4 is 14.1 Å². The van der Waals surface area contributed by atoms with Crippen LogP contribution in [0.1, 0.15) is 12.8 Å². The summed E-state index contributed by atoms with van der Waals surface area (Å²) in [5.41, 5.74) is 0. The average Bonchev–Trinajstić information content (AvgIpc) is 2.71. The van der Waals surface area contributed by atoms with Crippen molar-refractivity contribution in [1.82, 2.24) is 9.97 Å². The molecule has 0 aromatic carbocycles. The molecule has 1 heterocycles. The summed E-state index contributed by atoms with van der Waals surface area (Å²) in [7, 11) is -2.97. The Hall–Kier alpha value is -1.01. The maximum absolute atomic E-state index is 10.7. The Morgan fingerprint density at radius 2 is 2.39 bits per heavy atom. The van der Waals surface area contributed by atoms with Gasteiger partial charge in [-0.15, -0.1) is 0 Å². The molecule has 1 saturated carbocycles. The van der Waals surface area contributed by atoms with Gasteiger partial charge in [0.1, 0.15) is 12.1 Å². The van der Waals surface area contributed by atoms with Gasteiger partial charge in [0.05, 0.1) is 6.10 Å². The largest absolute Gasteiger partial charge is 0.396 e. The van der Waals surface area contributed by atoms with Crippen LogP contribution in [0.3, 0.4) is 0 Å². The molecule has 7 nitrogen and oxygen atoms in total. The zero-order valence-electron chi connectivity index (χ0n) is 9.69. The first kappa shape index (κ1) is 13.4. The molecule has 0 saturated heterocycles. The van der Waals surface area contributed by atoms with Gasteiger partial charge in [-0.05, 0) is 18.9 Å². The number of hydrogen-bond donors (Lipinski definition) is 3. The van der Waals surface area contributed by atoms with Crippen molar-refractivity contribution in [2.45, 2.75) is 25.0 Å². The number of hydrogen-bond acceptors (Lipinski definition) is 6. The summed E-state index contributed by atoms with van der Waals surface area (Å²) in [6, 6.07) is 1.82. The van der Waals surface area contributed by atoms with Gasteiger partial charge in [0.25, 0.3) is 0 Å². The van der Waals surface area contributed by atoms with Crippen LogP contribution < -0.4 is 5.32 Å². The van der Waals surface area contributed by atoms with E-state index in [-0.39, 0.29) is 24.7 Å². The molecule has 8 heteroatoms. The lowest BCUT2D eigenvalue weighted by Gasteiger charge is -2.14. The summed E-state index contributed by atoms with van der Waals surface area (Å²) in [6.07, 6.45) is 3.95. The highest BCUT2D eigenvalue weighted by Gasteiger charge is 2.35. The fraction of sp³-hybridized carbons (Fsp3) is 0.600. The average molecular weight is 273 g/mol.